The third kappa shape index (κ3) is 3.31. The molecule has 5 atom stereocenters. The van der Waals surface area contributed by atoms with Gasteiger partial charge in [-0.05, 0) is 57.9 Å². The molecular formula is C20H30O4. The van der Waals surface area contributed by atoms with E-state index < -0.39 is 11.7 Å². The van der Waals surface area contributed by atoms with Crippen LogP contribution in [-0.4, -0.2) is 35.0 Å². The first-order valence-corrected chi connectivity index (χ1v) is 9.22. The maximum absolute atomic E-state index is 12.0. The van der Waals surface area contributed by atoms with Crippen molar-refractivity contribution in [2.45, 2.75) is 90.1 Å². The molecule has 0 aromatic heterocycles. The number of carbonyl (C=O) groups is 1. The van der Waals surface area contributed by atoms with E-state index in [4.69, 9.17) is 9.47 Å². The largest absolute Gasteiger partial charge is 0.454 e. The van der Waals surface area contributed by atoms with Crippen LogP contribution in [0.5, 0.6) is 0 Å². The molecule has 3 rings (SSSR count). The van der Waals surface area contributed by atoms with E-state index in [2.05, 4.69) is 19.9 Å². The van der Waals surface area contributed by atoms with Crippen LogP contribution in [0, 0.1) is 5.92 Å². The highest BCUT2D eigenvalue weighted by Crippen LogP contribution is 2.41. The molecule has 2 bridgehead atoms. The molecule has 0 unspecified atom stereocenters. The minimum atomic E-state index is -0.610. The van der Waals surface area contributed by atoms with Crippen molar-refractivity contribution >= 4 is 5.97 Å². The minimum absolute atomic E-state index is 0.214. The first-order chi connectivity index (χ1) is 11.3. The van der Waals surface area contributed by atoms with Crippen LogP contribution in [0.25, 0.3) is 0 Å². The Labute approximate surface area is 144 Å². The smallest absolute Gasteiger partial charge is 0.334 e. The average molecular weight is 334 g/mol. The molecule has 4 heteroatoms. The fourth-order valence-electron chi connectivity index (χ4n) is 4.23. The zero-order chi connectivity index (χ0) is 17.5. The molecule has 3 aliphatic rings. The zero-order valence-corrected chi connectivity index (χ0v) is 15.3. The fraction of sp³-hybridized carbons (Fsp3) is 0.750. The van der Waals surface area contributed by atoms with Crippen LogP contribution < -0.4 is 0 Å². The van der Waals surface area contributed by atoms with Crippen LogP contribution in [0.1, 0.15) is 66.2 Å². The van der Waals surface area contributed by atoms with Crippen molar-refractivity contribution in [3.8, 4) is 0 Å². The van der Waals surface area contributed by atoms with Gasteiger partial charge in [-0.25, -0.2) is 4.79 Å². The first kappa shape index (κ1) is 17.7. The van der Waals surface area contributed by atoms with E-state index in [-0.39, 0.29) is 18.2 Å². The van der Waals surface area contributed by atoms with Crippen molar-refractivity contribution < 1.29 is 19.4 Å². The van der Waals surface area contributed by atoms with Gasteiger partial charge in [0.25, 0.3) is 0 Å². The first-order valence-electron chi connectivity index (χ1n) is 9.22. The molecule has 0 aromatic rings. The number of fused-ring (bicyclic) bond motifs is 3. The van der Waals surface area contributed by atoms with Crippen LogP contribution in [-0.2, 0) is 14.3 Å². The number of hydrogen-bond donors (Lipinski definition) is 1. The van der Waals surface area contributed by atoms with Gasteiger partial charge in [0.2, 0.25) is 0 Å². The van der Waals surface area contributed by atoms with Crippen LogP contribution in [0.2, 0.25) is 0 Å². The second-order valence-electron chi connectivity index (χ2n) is 8.08. The maximum atomic E-state index is 12.0. The Morgan fingerprint density at radius 2 is 2.00 bits per heavy atom. The van der Waals surface area contributed by atoms with E-state index in [1.165, 1.54) is 5.57 Å². The van der Waals surface area contributed by atoms with E-state index in [9.17, 15) is 9.90 Å². The number of ether oxygens (including phenoxy) is 2. The highest BCUT2D eigenvalue weighted by Gasteiger charge is 2.45. The number of rotatable bonds is 0. The third-order valence-electron chi connectivity index (χ3n) is 6.15. The van der Waals surface area contributed by atoms with E-state index >= 15 is 0 Å². The molecule has 0 spiro atoms. The minimum Gasteiger partial charge on any atom is -0.454 e. The van der Waals surface area contributed by atoms with Gasteiger partial charge < -0.3 is 14.6 Å². The van der Waals surface area contributed by atoms with Gasteiger partial charge in [-0.15, -0.1) is 0 Å². The van der Waals surface area contributed by atoms with Crippen molar-refractivity contribution in [2.75, 3.05) is 0 Å². The van der Waals surface area contributed by atoms with Crippen molar-refractivity contribution in [3.63, 3.8) is 0 Å². The van der Waals surface area contributed by atoms with E-state index in [0.29, 0.717) is 17.9 Å². The number of allylic oxidation sites excluding steroid dienone is 1. The molecule has 0 aromatic carbocycles. The van der Waals surface area contributed by atoms with Crippen LogP contribution in [0.4, 0.5) is 0 Å². The van der Waals surface area contributed by atoms with Crippen LogP contribution in [0.15, 0.2) is 22.8 Å². The van der Waals surface area contributed by atoms with Gasteiger partial charge in [0, 0.05) is 18.4 Å². The van der Waals surface area contributed by atoms with Crippen molar-refractivity contribution in [1.82, 2.24) is 0 Å². The van der Waals surface area contributed by atoms with Crippen molar-refractivity contribution in [1.29, 1.82) is 0 Å². The molecule has 1 N–H and O–H groups in total. The Morgan fingerprint density at radius 3 is 2.75 bits per heavy atom. The van der Waals surface area contributed by atoms with Gasteiger partial charge in [-0.3, -0.25) is 0 Å². The summed E-state index contributed by atoms with van der Waals surface area (Å²) in [6, 6.07) is 0. The molecule has 1 saturated heterocycles. The zero-order valence-electron chi connectivity index (χ0n) is 15.3. The molecule has 0 saturated carbocycles. The van der Waals surface area contributed by atoms with Crippen LogP contribution >= 0.6 is 0 Å². The van der Waals surface area contributed by atoms with Gasteiger partial charge in [0.1, 0.15) is 6.10 Å². The topological polar surface area (TPSA) is 55.8 Å². The van der Waals surface area contributed by atoms with E-state index in [1.807, 2.05) is 13.8 Å². The molecule has 24 heavy (non-hydrogen) atoms. The summed E-state index contributed by atoms with van der Waals surface area (Å²) < 4.78 is 11.9. The lowest BCUT2D eigenvalue weighted by Crippen LogP contribution is -2.41. The van der Waals surface area contributed by atoms with Crippen molar-refractivity contribution in [2.24, 2.45) is 5.92 Å². The summed E-state index contributed by atoms with van der Waals surface area (Å²) in [5.41, 5.74) is 2.33. The molecule has 0 aliphatic carbocycles. The third-order valence-corrected chi connectivity index (χ3v) is 6.15. The number of carbonyl (C=O) groups excluding carboxylic acids is 1. The van der Waals surface area contributed by atoms with Crippen LogP contribution in [0.3, 0.4) is 0 Å². The second-order valence-corrected chi connectivity index (χ2v) is 8.08. The summed E-state index contributed by atoms with van der Waals surface area (Å²) in [7, 11) is 0. The SMILES string of the molecule is CC1=C2C[C@@H](O)[C@]3(C)CC[C@@H](O3)[C@@H](C)CC/C=C(/C)C[C@H]2OC1=O. The Kier molecular flexibility index (Phi) is 4.89. The Hall–Kier alpha value is -1.13. The fourth-order valence-corrected chi connectivity index (χ4v) is 4.23. The Balaban J connectivity index is 1.90. The molecular weight excluding hydrogens is 304 g/mol. The molecule has 0 amide bonds. The quantitative estimate of drug-likeness (QED) is 0.542. The summed E-state index contributed by atoms with van der Waals surface area (Å²) in [4.78, 5) is 12.0. The lowest BCUT2D eigenvalue weighted by molar-refractivity contribution is -0.139. The summed E-state index contributed by atoms with van der Waals surface area (Å²) in [6.07, 6.45) is 6.77. The lowest BCUT2D eigenvalue weighted by atomic mass is 9.86. The molecule has 0 radical (unpaired) electrons. The summed E-state index contributed by atoms with van der Waals surface area (Å²) in [5.74, 6) is 0.244. The van der Waals surface area contributed by atoms with Gasteiger partial charge in [0.15, 0.2) is 0 Å². The molecule has 4 nitrogen and oxygen atoms in total. The average Bonchev–Trinajstić information content (AvgIpc) is 3.04. The summed E-state index contributed by atoms with van der Waals surface area (Å²) in [5, 5.41) is 10.9. The van der Waals surface area contributed by atoms with E-state index in [1.54, 1.807) is 0 Å². The van der Waals surface area contributed by atoms with Gasteiger partial charge in [-0.1, -0.05) is 18.6 Å². The molecule has 134 valence electrons. The molecule has 3 aliphatic heterocycles. The highest BCUT2D eigenvalue weighted by atomic mass is 16.5. The van der Waals surface area contributed by atoms with Gasteiger partial charge in [-0.2, -0.15) is 0 Å². The Bertz CT molecular complexity index is 576. The predicted octanol–water partition coefficient (Wildman–Crippen LogP) is 3.68. The molecule has 1 fully saturated rings. The van der Waals surface area contributed by atoms with Gasteiger partial charge >= 0.3 is 5.97 Å². The van der Waals surface area contributed by atoms with E-state index in [0.717, 1.165) is 37.7 Å². The molecule has 3 heterocycles. The summed E-state index contributed by atoms with van der Waals surface area (Å²) in [6.45, 7) is 8.17. The Morgan fingerprint density at radius 1 is 1.25 bits per heavy atom. The summed E-state index contributed by atoms with van der Waals surface area (Å²) >= 11 is 0. The predicted molar refractivity (Wildman–Crippen MR) is 92.5 cm³/mol. The van der Waals surface area contributed by atoms with Crippen molar-refractivity contribution in [3.05, 3.63) is 22.8 Å². The number of aliphatic hydroxyl groups excluding tert-OH is 1. The highest BCUT2D eigenvalue weighted by molar-refractivity contribution is 5.91. The number of hydrogen-bond acceptors (Lipinski definition) is 4. The number of esters is 1. The maximum Gasteiger partial charge on any atom is 0.334 e. The lowest BCUT2D eigenvalue weighted by Gasteiger charge is -2.32. The van der Waals surface area contributed by atoms with Gasteiger partial charge in [0.05, 0.1) is 17.8 Å². The second kappa shape index (κ2) is 6.64. The normalized spacial score (nSPS) is 43.2. The standard InChI is InChI=1S/C20H30O4/c1-12-6-5-7-13(2)16-8-9-20(4,24-16)18(21)11-15-14(3)19(22)23-17(15)10-12/h6,13,16-18,21H,5,7-11H2,1-4H3/b12-6-/t13-,16+,17+,18+,20-/m0/s1. The monoisotopic (exact) mass is 334 g/mol. The number of aliphatic hydroxyl groups is 1.